The smallest absolute Gasteiger partial charge is 0.407 e. The number of carbonyl (C=O) groups excluding carboxylic acids is 1. The molecule has 0 radical (unpaired) electrons. The SMILES string of the molecule is O=C(NCC=Cc1cc(Cl)c(Cl)cc1[N+](=O)[O-])OCc1ccccc1. The Morgan fingerprint density at radius 3 is 2.56 bits per heavy atom. The van der Waals surface area contributed by atoms with Crippen LogP contribution in [0, 0.1) is 10.1 Å². The van der Waals surface area contributed by atoms with Crippen molar-refractivity contribution in [3.05, 3.63) is 79.8 Å². The first-order valence-corrected chi connectivity index (χ1v) is 7.97. The summed E-state index contributed by atoms with van der Waals surface area (Å²) in [5.74, 6) is 0. The minimum atomic E-state index is -0.586. The average Bonchev–Trinajstić information content (AvgIpc) is 2.60. The Balaban J connectivity index is 1.88. The Kier molecular flexibility index (Phi) is 6.80. The summed E-state index contributed by atoms with van der Waals surface area (Å²) in [4.78, 5) is 22.1. The van der Waals surface area contributed by atoms with Crippen molar-refractivity contribution in [1.82, 2.24) is 5.32 Å². The number of alkyl carbamates (subject to hydrolysis) is 1. The lowest BCUT2D eigenvalue weighted by Gasteiger charge is -2.05. The van der Waals surface area contributed by atoms with Crippen LogP contribution in [-0.4, -0.2) is 17.6 Å². The molecule has 8 heteroatoms. The van der Waals surface area contributed by atoms with Crippen LogP contribution in [0.3, 0.4) is 0 Å². The molecule has 25 heavy (non-hydrogen) atoms. The third kappa shape index (κ3) is 5.77. The summed E-state index contributed by atoms with van der Waals surface area (Å²) in [7, 11) is 0. The van der Waals surface area contributed by atoms with Gasteiger partial charge in [0.1, 0.15) is 6.61 Å². The van der Waals surface area contributed by atoms with Gasteiger partial charge in [-0.1, -0.05) is 65.7 Å². The van der Waals surface area contributed by atoms with Crippen molar-refractivity contribution in [1.29, 1.82) is 0 Å². The number of halogens is 2. The van der Waals surface area contributed by atoms with E-state index in [1.807, 2.05) is 30.3 Å². The lowest BCUT2D eigenvalue weighted by Crippen LogP contribution is -2.24. The van der Waals surface area contributed by atoms with Gasteiger partial charge < -0.3 is 10.1 Å². The summed E-state index contributed by atoms with van der Waals surface area (Å²) >= 11 is 11.7. The van der Waals surface area contributed by atoms with Gasteiger partial charge in [0, 0.05) is 12.6 Å². The molecule has 0 atom stereocenters. The standard InChI is InChI=1S/C17H14Cl2N2O4/c18-14-9-13(16(21(23)24)10-15(14)19)7-4-8-20-17(22)25-11-12-5-2-1-3-6-12/h1-7,9-10H,8,11H2,(H,20,22). The monoisotopic (exact) mass is 380 g/mol. The first kappa shape index (κ1) is 18.8. The molecule has 1 N–H and O–H groups in total. The van der Waals surface area contributed by atoms with E-state index in [2.05, 4.69) is 5.32 Å². The van der Waals surface area contributed by atoms with Gasteiger partial charge in [-0.3, -0.25) is 10.1 Å². The second-order valence-corrected chi connectivity index (χ2v) is 5.74. The lowest BCUT2D eigenvalue weighted by atomic mass is 10.1. The van der Waals surface area contributed by atoms with E-state index in [0.717, 1.165) is 5.56 Å². The van der Waals surface area contributed by atoms with E-state index >= 15 is 0 Å². The zero-order valence-electron chi connectivity index (χ0n) is 12.9. The summed E-state index contributed by atoms with van der Waals surface area (Å²) in [6.45, 7) is 0.305. The Hall–Kier alpha value is -2.57. The highest BCUT2D eigenvalue weighted by atomic mass is 35.5. The molecule has 0 aliphatic rings. The molecule has 0 saturated heterocycles. The molecule has 2 aromatic rings. The van der Waals surface area contributed by atoms with Gasteiger partial charge in [-0.2, -0.15) is 0 Å². The average molecular weight is 381 g/mol. The minimum absolute atomic E-state index is 0.105. The number of carbonyl (C=O) groups is 1. The van der Waals surface area contributed by atoms with E-state index in [0.29, 0.717) is 5.56 Å². The Morgan fingerprint density at radius 2 is 1.88 bits per heavy atom. The van der Waals surface area contributed by atoms with Crippen LogP contribution >= 0.6 is 23.2 Å². The third-order valence-electron chi connectivity index (χ3n) is 3.14. The number of nitrogens with one attached hydrogen (secondary N) is 1. The van der Waals surface area contributed by atoms with Crippen LogP contribution in [0.2, 0.25) is 10.0 Å². The van der Waals surface area contributed by atoms with Crippen molar-refractivity contribution >= 4 is 41.1 Å². The van der Waals surface area contributed by atoms with Crippen molar-refractivity contribution in [3.63, 3.8) is 0 Å². The van der Waals surface area contributed by atoms with Crippen molar-refractivity contribution < 1.29 is 14.5 Å². The van der Waals surface area contributed by atoms with E-state index in [4.69, 9.17) is 27.9 Å². The van der Waals surface area contributed by atoms with Gasteiger partial charge in [0.2, 0.25) is 0 Å². The fourth-order valence-electron chi connectivity index (χ4n) is 1.95. The van der Waals surface area contributed by atoms with Crippen molar-refractivity contribution in [2.45, 2.75) is 6.61 Å². The number of nitro benzene ring substituents is 1. The molecule has 0 spiro atoms. The predicted molar refractivity (Wildman–Crippen MR) is 96.8 cm³/mol. The highest BCUT2D eigenvalue weighted by Gasteiger charge is 2.14. The molecule has 0 aliphatic carbocycles. The van der Waals surface area contributed by atoms with E-state index in [9.17, 15) is 14.9 Å². The van der Waals surface area contributed by atoms with Gasteiger partial charge in [-0.15, -0.1) is 0 Å². The topological polar surface area (TPSA) is 81.5 Å². The number of amides is 1. The molecule has 0 heterocycles. The van der Waals surface area contributed by atoms with Crippen LogP contribution in [0.15, 0.2) is 48.5 Å². The van der Waals surface area contributed by atoms with Crippen LogP contribution in [-0.2, 0) is 11.3 Å². The molecule has 0 aliphatic heterocycles. The number of hydrogen-bond donors (Lipinski definition) is 1. The summed E-state index contributed by atoms with van der Waals surface area (Å²) in [5.41, 5.74) is 0.996. The number of nitrogens with zero attached hydrogens (tertiary/aromatic N) is 1. The molecule has 130 valence electrons. The maximum Gasteiger partial charge on any atom is 0.407 e. The van der Waals surface area contributed by atoms with Crippen LogP contribution in [0.4, 0.5) is 10.5 Å². The second kappa shape index (κ2) is 9.05. The summed E-state index contributed by atoms with van der Waals surface area (Å²) in [6.07, 6.45) is 2.45. The zero-order valence-corrected chi connectivity index (χ0v) is 14.5. The van der Waals surface area contributed by atoms with Crippen LogP contribution in [0.25, 0.3) is 6.08 Å². The number of nitro groups is 1. The molecular formula is C17H14Cl2N2O4. The Bertz CT molecular complexity index is 795. The highest BCUT2D eigenvalue weighted by molar-refractivity contribution is 6.42. The quantitative estimate of drug-likeness (QED) is 0.573. The molecule has 0 saturated carbocycles. The van der Waals surface area contributed by atoms with Crippen LogP contribution in [0.1, 0.15) is 11.1 Å². The van der Waals surface area contributed by atoms with Crippen molar-refractivity contribution in [2.24, 2.45) is 0 Å². The minimum Gasteiger partial charge on any atom is -0.445 e. The fourth-order valence-corrected chi connectivity index (χ4v) is 2.28. The summed E-state index contributed by atoms with van der Waals surface area (Å²) < 4.78 is 5.05. The largest absolute Gasteiger partial charge is 0.445 e. The first-order valence-electron chi connectivity index (χ1n) is 7.22. The maximum atomic E-state index is 11.6. The third-order valence-corrected chi connectivity index (χ3v) is 3.86. The highest BCUT2D eigenvalue weighted by Crippen LogP contribution is 2.31. The van der Waals surface area contributed by atoms with Gasteiger partial charge in [0.05, 0.1) is 20.5 Å². The van der Waals surface area contributed by atoms with Crippen LogP contribution < -0.4 is 5.32 Å². The molecule has 2 rings (SSSR count). The first-order chi connectivity index (χ1) is 12.0. The van der Waals surface area contributed by atoms with Gasteiger partial charge in [-0.25, -0.2) is 4.79 Å². The second-order valence-electron chi connectivity index (χ2n) is 4.93. The molecule has 0 fully saturated rings. The van der Waals surface area contributed by atoms with Crippen molar-refractivity contribution in [2.75, 3.05) is 6.54 Å². The Labute approximate surface area is 154 Å². The van der Waals surface area contributed by atoms with Crippen LogP contribution in [0.5, 0.6) is 0 Å². The summed E-state index contributed by atoms with van der Waals surface area (Å²) in [6, 6.07) is 11.8. The lowest BCUT2D eigenvalue weighted by molar-refractivity contribution is -0.385. The molecule has 0 aromatic heterocycles. The van der Waals surface area contributed by atoms with Gasteiger partial charge in [-0.05, 0) is 11.6 Å². The van der Waals surface area contributed by atoms with E-state index in [-0.39, 0.29) is 28.9 Å². The zero-order chi connectivity index (χ0) is 18.2. The normalized spacial score (nSPS) is 10.6. The van der Waals surface area contributed by atoms with E-state index < -0.39 is 11.0 Å². The Morgan fingerprint density at radius 1 is 1.20 bits per heavy atom. The number of ether oxygens (including phenoxy) is 1. The number of rotatable bonds is 6. The summed E-state index contributed by atoms with van der Waals surface area (Å²) in [5, 5.41) is 13.9. The maximum absolute atomic E-state index is 11.6. The molecule has 0 unspecified atom stereocenters. The fraction of sp³-hybridized carbons (Fsp3) is 0.118. The van der Waals surface area contributed by atoms with E-state index in [1.165, 1.54) is 18.2 Å². The number of benzene rings is 2. The number of hydrogen-bond acceptors (Lipinski definition) is 4. The molecule has 0 bridgehead atoms. The van der Waals surface area contributed by atoms with Gasteiger partial charge in [0.25, 0.3) is 5.69 Å². The van der Waals surface area contributed by atoms with Gasteiger partial charge in [0.15, 0.2) is 0 Å². The molecule has 6 nitrogen and oxygen atoms in total. The van der Waals surface area contributed by atoms with Crippen molar-refractivity contribution in [3.8, 4) is 0 Å². The molecule has 1 amide bonds. The molecular weight excluding hydrogens is 367 g/mol. The van der Waals surface area contributed by atoms with E-state index in [1.54, 1.807) is 6.08 Å². The predicted octanol–water partition coefficient (Wildman–Crippen LogP) is 4.84. The van der Waals surface area contributed by atoms with Gasteiger partial charge >= 0.3 is 6.09 Å². The molecule has 2 aromatic carbocycles.